The number of nitrogens with one attached hydrogen (secondary N) is 6. The Morgan fingerprint density at radius 1 is 0.468 bits per heavy atom. The molecule has 4 atom stereocenters. The van der Waals surface area contributed by atoms with Crippen LogP contribution in [0.3, 0.4) is 0 Å². The molecule has 0 saturated carbocycles. The Balaban J connectivity index is 0.000000144. The van der Waals surface area contributed by atoms with Crippen molar-refractivity contribution in [1.82, 2.24) is 30.4 Å². The second-order valence-corrected chi connectivity index (χ2v) is 33.4. The number of aryl methyl sites for hydroxylation is 4. The highest BCUT2D eigenvalue weighted by Crippen LogP contribution is 2.41. The van der Waals surface area contributed by atoms with E-state index in [9.17, 15) is 98.6 Å². The summed E-state index contributed by atoms with van der Waals surface area (Å²) < 4.78 is 110. The highest BCUT2D eigenvalue weighted by molar-refractivity contribution is 6.26. The second kappa shape index (κ2) is 43.2. The van der Waals surface area contributed by atoms with E-state index in [1.165, 1.54) is 28.5 Å². The van der Waals surface area contributed by atoms with Gasteiger partial charge in [-0.3, -0.25) is 57.5 Å². The molecule has 9 aromatic carbocycles. The number of para-hydroxylation sites is 4. The molecule has 9 N–H and O–H groups in total. The molecule has 0 aliphatic carbocycles. The number of carbonyl (C=O) groups excluding carboxylic acids is 11. The number of esters is 1. The molecule has 18 rings (SSSR count). The van der Waals surface area contributed by atoms with Crippen LogP contribution in [-0.4, -0.2) is 104 Å². The normalized spacial score (nSPS) is 15.6. The Hall–Kier alpha value is -16.9. The molecule has 0 fully saturated rings. The molecule has 6 aliphatic rings. The quantitative estimate of drug-likeness (QED) is 0.0238. The maximum atomic E-state index is 14.2. The zero-order valence-corrected chi connectivity index (χ0v) is 74.8. The van der Waals surface area contributed by atoms with E-state index in [1.807, 2.05) is 66.7 Å². The number of imide groups is 2. The third-order valence-electron chi connectivity index (χ3n) is 22.9. The lowest BCUT2D eigenvalue weighted by Crippen LogP contribution is -2.49. The summed E-state index contributed by atoms with van der Waals surface area (Å²) >= 11 is 0. The summed E-state index contributed by atoms with van der Waals surface area (Å²) in [5.74, 6) is -13.7. The number of aromatic nitrogens is 2. The summed E-state index contributed by atoms with van der Waals surface area (Å²) in [4.78, 5) is 181. The maximum absolute atomic E-state index is 14.2. The number of halogens is 6. The number of methoxy groups -OCH3 is 1. The van der Waals surface area contributed by atoms with Crippen LogP contribution in [0.15, 0.2) is 250 Å². The fourth-order valence-electron chi connectivity index (χ4n) is 15.9. The van der Waals surface area contributed by atoms with Crippen LogP contribution in [0.4, 0.5) is 53.9 Å². The second-order valence-electron chi connectivity index (χ2n) is 33.4. The number of anilines is 4. The molecule has 0 radical (unpaired) electrons. The van der Waals surface area contributed by atoms with Crippen molar-refractivity contribution >= 4 is 88.0 Å². The monoisotopic (exact) mass is 1900 g/mol. The first-order chi connectivity index (χ1) is 66.6. The molecule has 0 spiro atoms. The number of hydrogen-bond acceptors (Lipinski definition) is 21. The van der Waals surface area contributed by atoms with Gasteiger partial charge in [0, 0.05) is 78.3 Å². The van der Waals surface area contributed by atoms with Crippen molar-refractivity contribution in [3.05, 3.63) is 380 Å². The van der Waals surface area contributed by atoms with Gasteiger partial charge in [-0.2, -0.15) is 0 Å². The number of alkyl carbamates (subject to hydrolysis) is 1. The topological polar surface area (TPSA) is 424 Å². The summed E-state index contributed by atoms with van der Waals surface area (Å²) in [6.45, 7) is 4.25. The van der Waals surface area contributed by atoms with Crippen molar-refractivity contribution < 1.29 is 108 Å². The van der Waals surface area contributed by atoms with E-state index in [0.717, 1.165) is 111 Å². The predicted molar refractivity (Wildman–Crippen MR) is 493 cm³/mol. The first kappa shape index (κ1) is 98.1. The molecule has 3 aromatic heterocycles. The number of aromatic hydroxyl groups is 1. The van der Waals surface area contributed by atoms with E-state index in [4.69, 9.17) is 24.4 Å². The van der Waals surface area contributed by atoms with Crippen molar-refractivity contribution in [3.8, 4) is 17.2 Å². The average molecular weight is 1900 g/mol. The average Bonchev–Trinajstić information content (AvgIpc) is 1.71. The van der Waals surface area contributed by atoms with E-state index >= 15 is 0 Å². The molecule has 9 heterocycles. The van der Waals surface area contributed by atoms with Gasteiger partial charge < -0.3 is 75.2 Å². The van der Waals surface area contributed by atoms with Gasteiger partial charge in [0.15, 0.2) is 22.9 Å². The van der Waals surface area contributed by atoms with Crippen LogP contribution < -0.4 is 73.2 Å². The van der Waals surface area contributed by atoms with Crippen molar-refractivity contribution in [2.75, 3.05) is 27.5 Å². The fraction of sp³-hybridized carbons (Fsp3) is 0.216. The summed E-state index contributed by atoms with van der Waals surface area (Å²) in [5, 5.41) is 26.1. The van der Waals surface area contributed by atoms with Gasteiger partial charge in [0.1, 0.15) is 94.8 Å². The highest BCUT2D eigenvalue weighted by Gasteiger charge is 2.47. The van der Waals surface area contributed by atoms with Crippen LogP contribution in [0.2, 0.25) is 0 Å². The van der Waals surface area contributed by atoms with Gasteiger partial charge in [-0.1, -0.05) is 152 Å². The molecular weight excluding hydrogens is 1810 g/mol. The number of hydrogen-bond donors (Lipinski definition) is 8. The summed E-state index contributed by atoms with van der Waals surface area (Å²) in [6, 6.07) is 53.1. The Morgan fingerprint density at radius 2 is 0.863 bits per heavy atom. The minimum absolute atomic E-state index is 0.0143. The standard InChI is InChI=1S/C31H23F2N3O5.C24H17F2N3O5.C22H17F2NO6.C15H20N2O3.C10H12N2O/c32-21-12-10-20(23(33)14-21)15-34-29(38)22-16-35-25-13-11-19-8-4-5-9-24(19)36(30(25)39)31(40)26(35)28(27(22)37)41-17-18-6-2-1-3-7-18;25-14-7-5-13(16(26)9-14)10-27-22(32)15-11-28-18-8-6-12-3-1-2-4-17(12)29(23(18)33)24(34)19(28)21(31)20(15)30;1-29-22(28)20-19(30-11-13-5-3-2-4-6-13)18(26)16(12-31-20)21(27)25-10-14-7-8-15(23)9-17(14)24;1-15(2,3)20-14(19)17-12-9-8-10-6-4-5-7-11(10)16-13(12)18;11-8-6-5-7-3-1-2-4-9(7)12-10(8)13/h1-10,12,14,16,25H,11,13,15,17H2,(H,34,38);1-5,7,9,11,18,31H,6,8,10H2,(H,27,32);2-9,12H,10-11H2,1H3,(H,25,27);4-7,12H,8-9H2,1-3H3,(H,16,18)(H,17,19);1-4,8H,5-6,11H2,(H,12,13). The van der Waals surface area contributed by atoms with E-state index < -0.39 is 157 Å². The van der Waals surface area contributed by atoms with Gasteiger partial charge >= 0.3 is 12.1 Å². The molecule has 4 unspecified atom stereocenters. The molecule has 12 aromatic rings. The lowest BCUT2D eigenvalue weighted by atomic mass is 10.0. The molecular formula is C102H89F6N11O20. The van der Waals surface area contributed by atoms with Crippen LogP contribution in [0.25, 0.3) is 0 Å². The number of benzene rings is 9. The van der Waals surface area contributed by atoms with Crippen molar-refractivity contribution in [3.63, 3.8) is 0 Å². The number of carbonyl (C=O) groups is 11. The Labute approximate surface area is 787 Å². The summed E-state index contributed by atoms with van der Waals surface area (Å²) in [5.41, 5.74) is 8.16. The summed E-state index contributed by atoms with van der Waals surface area (Å²) in [7, 11) is 1.10. The number of rotatable bonds is 17. The van der Waals surface area contributed by atoms with Gasteiger partial charge in [0.2, 0.25) is 33.9 Å². The van der Waals surface area contributed by atoms with E-state index in [0.29, 0.717) is 60.8 Å². The van der Waals surface area contributed by atoms with E-state index in [1.54, 1.807) is 112 Å². The number of fused-ring (bicyclic) bond motifs is 14. The van der Waals surface area contributed by atoms with Gasteiger partial charge in [0.05, 0.1) is 24.5 Å². The third kappa shape index (κ3) is 22.7. The number of ether oxygens (including phenoxy) is 4. The first-order valence-electron chi connectivity index (χ1n) is 43.6. The molecule has 10 amide bonds. The van der Waals surface area contributed by atoms with E-state index in [-0.39, 0.29) is 96.5 Å². The van der Waals surface area contributed by atoms with Gasteiger partial charge in [-0.25, -0.2) is 45.7 Å². The summed E-state index contributed by atoms with van der Waals surface area (Å²) in [6.07, 6.45) is 6.90. The number of amides is 10. The number of nitrogens with zero attached hydrogens (tertiary/aromatic N) is 4. The third-order valence-corrected chi connectivity index (χ3v) is 22.9. The van der Waals surface area contributed by atoms with Gasteiger partial charge in [-0.05, 0) is 148 Å². The van der Waals surface area contributed by atoms with Crippen LogP contribution in [0.5, 0.6) is 17.2 Å². The highest BCUT2D eigenvalue weighted by atomic mass is 19.2. The fourth-order valence-corrected chi connectivity index (χ4v) is 15.9. The SMILES string of the molecule is CC(C)(C)OC(=O)NC1CCc2ccccc2NC1=O.COC(=O)c1occ(C(=O)NCc2ccc(F)cc2F)c(=O)c1OCc1ccccc1.NC1CCc2ccccc2NC1=O.O=C(NCc1ccc(F)cc1F)c1cn2c(c(O)c1=O)C(=O)N1C(=O)C2CCc2ccccc21.O=C(NCc1ccc(F)cc1F)c1cn2c(c(OCc3ccccc3)c1=O)C(=O)N1C(=O)C2CCc2ccccc21. The zero-order valence-electron chi connectivity index (χ0n) is 74.8. The van der Waals surface area contributed by atoms with Crippen molar-refractivity contribution in [1.29, 1.82) is 0 Å². The maximum Gasteiger partial charge on any atom is 0.408 e. The number of pyridine rings is 2. The van der Waals surface area contributed by atoms with Crippen molar-refractivity contribution in [2.45, 2.75) is 135 Å². The number of nitrogens with two attached hydrogens (primary N) is 1. The molecule has 139 heavy (non-hydrogen) atoms. The lowest BCUT2D eigenvalue weighted by Gasteiger charge is -2.33. The van der Waals surface area contributed by atoms with Crippen molar-refractivity contribution in [2.24, 2.45) is 5.73 Å². The smallest absolute Gasteiger partial charge is 0.408 e. The van der Waals surface area contributed by atoms with Crippen LogP contribution in [-0.2, 0) is 87.2 Å². The molecule has 31 nitrogen and oxygen atoms in total. The van der Waals surface area contributed by atoms with Crippen LogP contribution in [0.1, 0.15) is 171 Å². The van der Waals surface area contributed by atoms with Crippen LogP contribution in [0, 0.1) is 34.9 Å². The van der Waals surface area contributed by atoms with Crippen LogP contribution >= 0.6 is 0 Å². The molecule has 4 bridgehead atoms. The Morgan fingerprint density at radius 3 is 1.33 bits per heavy atom. The Bertz CT molecular complexity index is 7030. The largest absolute Gasteiger partial charge is 0.503 e. The Kier molecular flexibility index (Phi) is 30.5. The molecule has 0 saturated heterocycles. The van der Waals surface area contributed by atoms with Gasteiger partial charge in [-0.15, -0.1) is 0 Å². The lowest BCUT2D eigenvalue weighted by molar-refractivity contribution is -0.122. The molecule has 37 heteroatoms. The first-order valence-corrected chi connectivity index (χ1v) is 43.6. The van der Waals surface area contributed by atoms with E-state index in [2.05, 4.69) is 36.6 Å². The minimum Gasteiger partial charge on any atom is -0.503 e. The predicted octanol–water partition coefficient (Wildman–Crippen LogP) is 13.3. The molecule has 6 aliphatic heterocycles. The molecule has 714 valence electrons. The minimum atomic E-state index is -1.10. The zero-order chi connectivity index (χ0) is 99.2. The van der Waals surface area contributed by atoms with Gasteiger partial charge in [0.25, 0.3) is 47.1 Å².